The van der Waals surface area contributed by atoms with Gasteiger partial charge in [-0.2, -0.15) is 0 Å². The molecule has 0 radical (unpaired) electrons. The van der Waals surface area contributed by atoms with Crippen molar-refractivity contribution in [3.63, 3.8) is 0 Å². The van der Waals surface area contributed by atoms with Gasteiger partial charge in [-0.15, -0.1) is 0 Å². The van der Waals surface area contributed by atoms with Gasteiger partial charge in [-0.05, 0) is 57.4 Å². The first-order valence-electron chi connectivity index (χ1n) is 5.36. The molecule has 0 aromatic carbocycles. The minimum Gasteiger partial charge on any atom is -0.330 e. The highest BCUT2D eigenvalue weighted by Gasteiger charge is 2.43. The van der Waals surface area contributed by atoms with Gasteiger partial charge in [-0.1, -0.05) is 0 Å². The van der Waals surface area contributed by atoms with E-state index in [1.165, 1.54) is 32.5 Å². The summed E-state index contributed by atoms with van der Waals surface area (Å²) in [5.41, 5.74) is 6.40. The molecular formula is C10H21N3. The van der Waals surface area contributed by atoms with Crippen LogP contribution in [0.2, 0.25) is 0 Å². The predicted molar refractivity (Wildman–Crippen MR) is 54.6 cm³/mol. The van der Waals surface area contributed by atoms with Crippen molar-refractivity contribution in [1.82, 2.24) is 10.2 Å². The lowest BCUT2D eigenvalue weighted by molar-refractivity contribution is 0.123. The van der Waals surface area contributed by atoms with Crippen molar-refractivity contribution >= 4 is 0 Å². The number of hydrogen-bond acceptors (Lipinski definition) is 3. The number of nitrogens with two attached hydrogens (primary N) is 1. The lowest BCUT2D eigenvalue weighted by atomic mass is 9.70. The zero-order valence-electron chi connectivity index (χ0n) is 8.55. The van der Waals surface area contributed by atoms with E-state index in [-0.39, 0.29) is 0 Å². The van der Waals surface area contributed by atoms with Crippen LogP contribution in [0.3, 0.4) is 0 Å². The van der Waals surface area contributed by atoms with E-state index in [1.54, 1.807) is 0 Å². The minimum atomic E-state index is 0.550. The van der Waals surface area contributed by atoms with Crippen LogP contribution in [0.5, 0.6) is 0 Å². The summed E-state index contributed by atoms with van der Waals surface area (Å²) in [4.78, 5) is 2.45. The van der Waals surface area contributed by atoms with Crippen LogP contribution in [0, 0.1) is 11.3 Å². The van der Waals surface area contributed by atoms with Crippen LogP contribution in [0.25, 0.3) is 0 Å². The first-order valence-corrected chi connectivity index (χ1v) is 5.36. The molecule has 2 aliphatic rings. The van der Waals surface area contributed by atoms with E-state index < -0.39 is 0 Å². The maximum absolute atomic E-state index is 5.84. The Morgan fingerprint density at radius 2 is 2.38 bits per heavy atom. The van der Waals surface area contributed by atoms with Gasteiger partial charge in [-0.25, -0.2) is 0 Å². The molecule has 2 heterocycles. The van der Waals surface area contributed by atoms with Crippen LogP contribution < -0.4 is 11.1 Å². The Morgan fingerprint density at radius 1 is 1.54 bits per heavy atom. The van der Waals surface area contributed by atoms with Gasteiger partial charge in [0.2, 0.25) is 0 Å². The molecule has 3 nitrogen and oxygen atoms in total. The highest BCUT2D eigenvalue weighted by atomic mass is 15.1. The topological polar surface area (TPSA) is 41.3 Å². The Balaban J connectivity index is 2.08. The third kappa shape index (κ3) is 1.60. The molecule has 1 spiro atoms. The molecule has 0 saturated carbocycles. The Hall–Kier alpha value is -0.120. The molecule has 3 N–H and O–H groups in total. The number of likely N-dealkylation sites (tertiary alicyclic amines) is 1. The van der Waals surface area contributed by atoms with E-state index in [9.17, 15) is 0 Å². The molecule has 13 heavy (non-hydrogen) atoms. The van der Waals surface area contributed by atoms with Gasteiger partial charge in [0.15, 0.2) is 0 Å². The molecule has 76 valence electrons. The molecule has 2 saturated heterocycles. The summed E-state index contributed by atoms with van der Waals surface area (Å²) in [6.45, 7) is 5.68. The summed E-state index contributed by atoms with van der Waals surface area (Å²) in [6.07, 6.45) is 2.67. The van der Waals surface area contributed by atoms with Gasteiger partial charge in [0.1, 0.15) is 0 Å². The molecule has 2 atom stereocenters. The molecule has 2 rings (SSSR count). The van der Waals surface area contributed by atoms with Gasteiger partial charge in [-0.3, -0.25) is 0 Å². The first kappa shape index (κ1) is 9.44. The molecule has 2 aliphatic heterocycles. The monoisotopic (exact) mass is 183 g/mol. The van der Waals surface area contributed by atoms with Gasteiger partial charge in [0.05, 0.1) is 0 Å². The van der Waals surface area contributed by atoms with Gasteiger partial charge < -0.3 is 16.0 Å². The van der Waals surface area contributed by atoms with Crippen LogP contribution in [0.4, 0.5) is 0 Å². The van der Waals surface area contributed by atoms with E-state index in [2.05, 4.69) is 17.3 Å². The second-order valence-corrected chi connectivity index (χ2v) is 4.74. The highest BCUT2D eigenvalue weighted by Crippen LogP contribution is 2.41. The Bertz CT molecular complexity index is 179. The Labute approximate surface area is 80.7 Å². The van der Waals surface area contributed by atoms with Crippen molar-refractivity contribution in [3.05, 3.63) is 0 Å². The highest BCUT2D eigenvalue weighted by molar-refractivity contribution is 4.97. The second-order valence-electron chi connectivity index (χ2n) is 4.74. The van der Waals surface area contributed by atoms with E-state index >= 15 is 0 Å². The third-order valence-electron chi connectivity index (χ3n) is 3.92. The summed E-state index contributed by atoms with van der Waals surface area (Å²) >= 11 is 0. The van der Waals surface area contributed by atoms with E-state index in [4.69, 9.17) is 5.73 Å². The molecule has 0 aliphatic carbocycles. The summed E-state index contributed by atoms with van der Waals surface area (Å²) in [5.74, 6) is 0.700. The predicted octanol–water partition coefficient (Wildman–Crippen LogP) is -0.123. The molecule has 2 fully saturated rings. The SMILES string of the molecule is CN1CCC2(CCNCC2CN)C1. The minimum absolute atomic E-state index is 0.550. The molecule has 3 heteroatoms. The molecule has 0 bridgehead atoms. The van der Waals surface area contributed by atoms with Crippen LogP contribution in [-0.4, -0.2) is 44.7 Å². The molecular weight excluding hydrogens is 162 g/mol. The number of piperidine rings is 1. The van der Waals surface area contributed by atoms with E-state index in [0.29, 0.717) is 11.3 Å². The zero-order valence-corrected chi connectivity index (χ0v) is 8.55. The summed E-state index contributed by atoms with van der Waals surface area (Å²) in [5, 5.41) is 3.45. The standard InChI is InChI=1S/C10H21N3/c1-13-5-3-10(8-13)2-4-12-7-9(10)6-11/h9,12H,2-8,11H2,1H3. The van der Waals surface area contributed by atoms with Crippen molar-refractivity contribution in [3.8, 4) is 0 Å². The Kier molecular flexibility index (Phi) is 2.58. The molecule has 2 unspecified atom stereocenters. The fourth-order valence-corrected chi connectivity index (χ4v) is 3.01. The van der Waals surface area contributed by atoms with E-state index in [0.717, 1.165) is 13.1 Å². The van der Waals surface area contributed by atoms with Gasteiger partial charge in [0, 0.05) is 6.54 Å². The lowest BCUT2D eigenvalue weighted by Gasteiger charge is -2.41. The number of hydrogen-bond donors (Lipinski definition) is 2. The fourth-order valence-electron chi connectivity index (χ4n) is 3.01. The first-order chi connectivity index (χ1) is 6.27. The average molecular weight is 183 g/mol. The van der Waals surface area contributed by atoms with Crippen molar-refractivity contribution in [1.29, 1.82) is 0 Å². The fraction of sp³-hybridized carbons (Fsp3) is 1.00. The maximum atomic E-state index is 5.84. The smallest absolute Gasteiger partial charge is 0.00395 e. The van der Waals surface area contributed by atoms with Crippen LogP contribution in [-0.2, 0) is 0 Å². The van der Waals surface area contributed by atoms with Crippen LogP contribution >= 0.6 is 0 Å². The van der Waals surface area contributed by atoms with Crippen molar-refractivity contribution in [2.75, 3.05) is 39.8 Å². The van der Waals surface area contributed by atoms with Gasteiger partial charge in [0.25, 0.3) is 0 Å². The number of nitrogens with zero attached hydrogens (tertiary/aromatic N) is 1. The van der Waals surface area contributed by atoms with Crippen LogP contribution in [0.1, 0.15) is 12.8 Å². The van der Waals surface area contributed by atoms with Crippen molar-refractivity contribution < 1.29 is 0 Å². The summed E-state index contributed by atoms with van der Waals surface area (Å²) in [6, 6.07) is 0. The summed E-state index contributed by atoms with van der Waals surface area (Å²) < 4.78 is 0. The largest absolute Gasteiger partial charge is 0.330 e. The second kappa shape index (κ2) is 3.56. The normalized spacial score (nSPS) is 41.5. The summed E-state index contributed by atoms with van der Waals surface area (Å²) in [7, 11) is 2.23. The van der Waals surface area contributed by atoms with Crippen LogP contribution in [0.15, 0.2) is 0 Å². The average Bonchev–Trinajstić information content (AvgIpc) is 2.49. The van der Waals surface area contributed by atoms with Crippen molar-refractivity contribution in [2.24, 2.45) is 17.1 Å². The number of nitrogens with one attached hydrogen (secondary N) is 1. The third-order valence-corrected chi connectivity index (χ3v) is 3.92. The number of rotatable bonds is 1. The zero-order chi connectivity index (χ0) is 9.31. The van der Waals surface area contributed by atoms with Crippen molar-refractivity contribution in [2.45, 2.75) is 12.8 Å². The molecule has 0 aromatic heterocycles. The van der Waals surface area contributed by atoms with Gasteiger partial charge >= 0.3 is 0 Å². The quantitative estimate of drug-likeness (QED) is 0.595. The van der Waals surface area contributed by atoms with E-state index in [1.807, 2.05) is 0 Å². The lowest BCUT2D eigenvalue weighted by Crippen LogP contribution is -2.49. The molecule has 0 amide bonds. The molecule has 0 aromatic rings. The maximum Gasteiger partial charge on any atom is 0.00395 e. The Morgan fingerprint density at radius 3 is 3.00 bits per heavy atom.